The fraction of sp³-hybridized carbons (Fsp3) is 0.478. The third-order valence-electron chi connectivity index (χ3n) is 5.94. The number of rotatable bonds is 4. The molecule has 2 fully saturated rings. The van der Waals surface area contributed by atoms with Gasteiger partial charge in [0.25, 0.3) is 6.01 Å². The number of carboxylic acid groups (broad SMARTS) is 2. The van der Waals surface area contributed by atoms with Crippen LogP contribution in [-0.2, 0) is 20.9 Å². The van der Waals surface area contributed by atoms with Crippen LogP contribution in [0.4, 0.5) is 32.4 Å². The molecular formula is C23H25F6N7O6. The Bertz CT molecular complexity index is 1310. The summed E-state index contributed by atoms with van der Waals surface area (Å²) in [5.41, 5.74) is 2.63. The lowest BCUT2D eigenvalue weighted by Crippen LogP contribution is -2.47. The molecule has 1 amide bonds. The number of benzene rings is 1. The van der Waals surface area contributed by atoms with Crippen LogP contribution < -0.4 is 10.2 Å². The lowest BCUT2D eigenvalue weighted by atomic mass is 10.1. The number of oxazole rings is 1. The third-order valence-corrected chi connectivity index (χ3v) is 5.94. The molecule has 19 heteroatoms. The van der Waals surface area contributed by atoms with Gasteiger partial charge >= 0.3 is 24.3 Å². The molecule has 3 N–H and O–H groups in total. The average Bonchev–Trinajstić information content (AvgIpc) is 3.56. The molecule has 2 aliphatic heterocycles. The number of para-hydroxylation sites is 2. The quantitative estimate of drug-likeness (QED) is 0.372. The zero-order chi connectivity index (χ0) is 31.1. The van der Waals surface area contributed by atoms with Crippen LogP contribution in [0.5, 0.6) is 0 Å². The molecular weight excluding hydrogens is 584 g/mol. The number of amides is 1. The highest BCUT2D eigenvalue weighted by Gasteiger charge is 2.39. The molecule has 0 spiro atoms. The largest absolute Gasteiger partial charge is 0.490 e. The van der Waals surface area contributed by atoms with Crippen molar-refractivity contribution in [3.8, 4) is 0 Å². The van der Waals surface area contributed by atoms with Crippen LogP contribution in [0.3, 0.4) is 0 Å². The van der Waals surface area contributed by atoms with Crippen molar-refractivity contribution in [3.63, 3.8) is 0 Å². The Hall–Kier alpha value is -4.42. The van der Waals surface area contributed by atoms with E-state index in [1.165, 1.54) is 0 Å². The van der Waals surface area contributed by atoms with Gasteiger partial charge in [0.1, 0.15) is 5.52 Å². The van der Waals surface area contributed by atoms with Gasteiger partial charge in [-0.25, -0.2) is 14.3 Å². The summed E-state index contributed by atoms with van der Waals surface area (Å²) in [5, 5.41) is 25.7. The van der Waals surface area contributed by atoms with E-state index in [1.807, 2.05) is 35.1 Å². The Morgan fingerprint density at radius 2 is 1.60 bits per heavy atom. The highest BCUT2D eigenvalue weighted by molar-refractivity contribution is 5.78. The molecule has 4 heterocycles. The van der Waals surface area contributed by atoms with Gasteiger partial charge < -0.3 is 24.8 Å². The minimum atomic E-state index is -5.08. The standard InChI is InChI=1S/C19H23N7O2.2C2HF3O2/c27-18-13-24(10-7-20-18)11-14-12-26(23-22-14)15-5-8-25(9-6-15)19-21-16-3-1-2-4-17(16)28-19;2*3-2(4,5)1(6)7/h1-4,12,15H,5-11,13H2,(H,20,27);2*(H,6,7). The number of nitrogens with zero attached hydrogens (tertiary/aromatic N) is 6. The number of halogens is 6. The fourth-order valence-electron chi connectivity index (χ4n) is 3.94. The first kappa shape index (κ1) is 32.1. The molecule has 5 rings (SSSR count). The number of hydrogen-bond donors (Lipinski definition) is 3. The van der Waals surface area contributed by atoms with Gasteiger partial charge in [0.15, 0.2) is 5.58 Å². The summed E-state index contributed by atoms with van der Waals surface area (Å²) in [6.45, 7) is 4.38. The van der Waals surface area contributed by atoms with E-state index in [4.69, 9.17) is 24.2 Å². The summed E-state index contributed by atoms with van der Waals surface area (Å²) in [7, 11) is 0. The Morgan fingerprint density at radius 3 is 2.14 bits per heavy atom. The van der Waals surface area contributed by atoms with Crippen molar-refractivity contribution in [2.75, 3.05) is 37.6 Å². The van der Waals surface area contributed by atoms with E-state index in [2.05, 4.69) is 30.4 Å². The van der Waals surface area contributed by atoms with Crippen molar-refractivity contribution in [1.29, 1.82) is 0 Å². The molecule has 0 aliphatic carbocycles. The van der Waals surface area contributed by atoms with E-state index in [9.17, 15) is 31.1 Å². The number of anilines is 1. The Labute approximate surface area is 232 Å². The van der Waals surface area contributed by atoms with Gasteiger partial charge in [-0.15, -0.1) is 5.10 Å². The predicted molar refractivity (Wildman–Crippen MR) is 130 cm³/mol. The highest BCUT2D eigenvalue weighted by Crippen LogP contribution is 2.28. The number of carbonyl (C=O) groups excluding carboxylic acids is 1. The molecule has 0 saturated carbocycles. The lowest BCUT2D eigenvalue weighted by molar-refractivity contribution is -0.193. The predicted octanol–water partition coefficient (Wildman–Crippen LogP) is 2.46. The van der Waals surface area contributed by atoms with Gasteiger partial charge in [0.2, 0.25) is 5.91 Å². The maximum Gasteiger partial charge on any atom is 0.490 e. The van der Waals surface area contributed by atoms with E-state index in [-0.39, 0.29) is 5.91 Å². The van der Waals surface area contributed by atoms with E-state index in [0.29, 0.717) is 31.7 Å². The minimum absolute atomic E-state index is 0.0743. The van der Waals surface area contributed by atoms with Crippen LogP contribution in [0.1, 0.15) is 24.6 Å². The van der Waals surface area contributed by atoms with Crippen LogP contribution >= 0.6 is 0 Å². The number of carboxylic acids is 2. The molecule has 0 atom stereocenters. The van der Waals surface area contributed by atoms with E-state index < -0.39 is 24.3 Å². The van der Waals surface area contributed by atoms with Gasteiger partial charge in [0, 0.05) is 32.7 Å². The zero-order valence-corrected chi connectivity index (χ0v) is 21.6. The maximum atomic E-state index is 11.5. The SMILES string of the molecule is O=C(O)C(F)(F)F.O=C(O)C(F)(F)F.O=C1CN(Cc2cn(C3CCN(c4nc5ccccc5o4)CC3)nn2)CCN1. The summed E-state index contributed by atoms with van der Waals surface area (Å²) in [6.07, 6.45) is -6.21. The van der Waals surface area contributed by atoms with Crippen molar-refractivity contribution < 1.29 is 55.4 Å². The number of nitrogens with one attached hydrogen (secondary N) is 1. The van der Waals surface area contributed by atoms with Crippen molar-refractivity contribution in [2.45, 2.75) is 37.8 Å². The van der Waals surface area contributed by atoms with Gasteiger partial charge in [0.05, 0.1) is 24.5 Å². The van der Waals surface area contributed by atoms with E-state index >= 15 is 0 Å². The van der Waals surface area contributed by atoms with E-state index in [1.54, 1.807) is 0 Å². The van der Waals surface area contributed by atoms with Gasteiger partial charge in [-0.2, -0.15) is 31.3 Å². The fourth-order valence-corrected chi connectivity index (χ4v) is 3.94. The molecule has 0 bridgehead atoms. The Kier molecular flexibility index (Phi) is 10.3. The van der Waals surface area contributed by atoms with Crippen LogP contribution in [0.25, 0.3) is 11.1 Å². The van der Waals surface area contributed by atoms with Crippen molar-refractivity contribution in [3.05, 3.63) is 36.2 Å². The monoisotopic (exact) mass is 609 g/mol. The highest BCUT2D eigenvalue weighted by atomic mass is 19.4. The first-order valence-corrected chi connectivity index (χ1v) is 12.2. The van der Waals surface area contributed by atoms with Crippen molar-refractivity contribution >= 4 is 35.0 Å². The van der Waals surface area contributed by atoms with Crippen LogP contribution in [-0.4, -0.2) is 98.0 Å². The second kappa shape index (κ2) is 13.5. The molecule has 2 aromatic heterocycles. The zero-order valence-electron chi connectivity index (χ0n) is 21.6. The van der Waals surface area contributed by atoms with Crippen molar-refractivity contribution in [2.24, 2.45) is 0 Å². The number of piperidine rings is 1. The molecule has 2 aliphatic rings. The molecule has 1 aromatic carbocycles. The van der Waals surface area contributed by atoms with Crippen molar-refractivity contribution in [1.82, 2.24) is 30.2 Å². The first-order chi connectivity index (χ1) is 19.6. The third kappa shape index (κ3) is 9.32. The summed E-state index contributed by atoms with van der Waals surface area (Å²) in [4.78, 5) is 38.2. The molecule has 230 valence electrons. The summed E-state index contributed by atoms with van der Waals surface area (Å²) >= 11 is 0. The van der Waals surface area contributed by atoms with Crippen LogP contribution in [0, 0.1) is 0 Å². The molecule has 0 radical (unpaired) electrons. The van der Waals surface area contributed by atoms with Crippen LogP contribution in [0.15, 0.2) is 34.9 Å². The Balaban J connectivity index is 0.000000289. The molecule has 42 heavy (non-hydrogen) atoms. The summed E-state index contributed by atoms with van der Waals surface area (Å²) in [5.74, 6) is -5.44. The maximum absolute atomic E-state index is 11.5. The smallest absolute Gasteiger partial charge is 0.475 e. The number of carbonyl (C=O) groups is 3. The lowest BCUT2D eigenvalue weighted by Gasteiger charge is -2.30. The number of alkyl halides is 6. The topological polar surface area (TPSA) is 167 Å². The molecule has 3 aromatic rings. The number of piperazine rings is 1. The molecule has 0 unspecified atom stereocenters. The second-order valence-corrected chi connectivity index (χ2v) is 9.04. The van der Waals surface area contributed by atoms with Gasteiger partial charge in [-0.3, -0.25) is 9.69 Å². The molecule has 13 nitrogen and oxygen atoms in total. The number of aromatic nitrogens is 4. The summed E-state index contributed by atoms with van der Waals surface area (Å²) < 4.78 is 71.3. The van der Waals surface area contributed by atoms with Crippen LogP contribution in [0.2, 0.25) is 0 Å². The van der Waals surface area contributed by atoms with E-state index in [0.717, 1.165) is 49.3 Å². The number of hydrogen-bond acceptors (Lipinski definition) is 9. The number of aliphatic carboxylic acids is 2. The molecule has 2 saturated heterocycles. The van der Waals surface area contributed by atoms with Gasteiger partial charge in [-0.05, 0) is 25.0 Å². The summed E-state index contributed by atoms with van der Waals surface area (Å²) in [6, 6.07) is 8.87. The average molecular weight is 609 g/mol. The first-order valence-electron chi connectivity index (χ1n) is 12.2. The Morgan fingerprint density at radius 1 is 1.00 bits per heavy atom. The minimum Gasteiger partial charge on any atom is -0.475 e. The number of fused-ring (bicyclic) bond motifs is 1. The second-order valence-electron chi connectivity index (χ2n) is 9.04. The van der Waals surface area contributed by atoms with Gasteiger partial charge in [-0.1, -0.05) is 17.3 Å². The normalized spacial score (nSPS) is 16.6.